The monoisotopic (exact) mass is 481 g/mol. The number of amides is 1. The number of hydrogen-bond acceptors (Lipinski definition) is 7. The second-order valence-electron chi connectivity index (χ2n) is 7.83. The molecule has 0 fully saturated rings. The third kappa shape index (κ3) is 16.9. The molecule has 1 amide bonds. The van der Waals surface area contributed by atoms with Gasteiger partial charge in [-0.15, -0.1) is 0 Å². The first-order valence-corrected chi connectivity index (χ1v) is 12.8. The molecular formula is C21H39NO9S. The maximum Gasteiger partial charge on any atom is 0.325 e. The lowest BCUT2D eigenvalue weighted by Gasteiger charge is -2.14. The molecule has 11 heteroatoms. The van der Waals surface area contributed by atoms with E-state index < -0.39 is 33.7 Å². The van der Waals surface area contributed by atoms with Crippen molar-refractivity contribution in [3.8, 4) is 0 Å². The minimum atomic E-state index is -4.91. The molecule has 0 aliphatic heterocycles. The summed E-state index contributed by atoms with van der Waals surface area (Å²) >= 11 is 0. The smallest absolute Gasteiger partial charge is 0.325 e. The number of unbranched alkanes of at least 4 members (excludes halogenated alkanes) is 8. The topological polar surface area (TPSA) is 156 Å². The molecule has 0 aliphatic carbocycles. The number of nitrogens with one attached hydrogen (secondary N) is 1. The second kappa shape index (κ2) is 17.8. The van der Waals surface area contributed by atoms with Crippen molar-refractivity contribution < 1.29 is 41.9 Å². The fraction of sp³-hybridized carbons (Fsp3) is 0.857. The van der Waals surface area contributed by atoms with Crippen LogP contribution >= 0.6 is 0 Å². The van der Waals surface area contributed by atoms with Crippen LogP contribution in [0.2, 0.25) is 0 Å². The Morgan fingerprint density at radius 2 is 1.50 bits per heavy atom. The van der Waals surface area contributed by atoms with Crippen molar-refractivity contribution in [2.24, 2.45) is 0 Å². The summed E-state index contributed by atoms with van der Waals surface area (Å²) in [7, 11) is -4.91. The molecule has 0 saturated carbocycles. The average Bonchev–Trinajstić information content (AvgIpc) is 2.71. The first kappa shape index (κ1) is 30.3. The Balaban J connectivity index is 3.76. The zero-order valence-corrected chi connectivity index (χ0v) is 20.0. The number of esters is 1. The van der Waals surface area contributed by atoms with Crippen LogP contribution < -0.4 is 5.32 Å². The van der Waals surface area contributed by atoms with Crippen molar-refractivity contribution in [2.45, 2.75) is 95.8 Å². The van der Waals surface area contributed by atoms with Crippen LogP contribution in [0.3, 0.4) is 0 Å². The molecule has 0 saturated heterocycles. The van der Waals surface area contributed by atoms with Crippen molar-refractivity contribution in [3.05, 3.63) is 0 Å². The van der Waals surface area contributed by atoms with E-state index in [4.69, 9.17) is 19.1 Å². The van der Waals surface area contributed by atoms with Gasteiger partial charge in [-0.25, -0.2) is 0 Å². The minimum absolute atomic E-state index is 0.00928. The van der Waals surface area contributed by atoms with Crippen LogP contribution in [0.15, 0.2) is 0 Å². The summed E-state index contributed by atoms with van der Waals surface area (Å²) in [6.07, 6.45) is 9.81. The SMILES string of the molecule is CCCCCCCCCCCC(=O)NCC(C)OCCOC(=O)CC(C(=O)O)S(=O)(=O)O. The van der Waals surface area contributed by atoms with Crippen LogP contribution in [0.1, 0.15) is 84.5 Å². The van der Waals surface area contributed by atoms with E-state index >= 15 is 0 Å². The Morgan fingerprint density at radius 3 is 2.03 bits per heavy atom. The van der Waals surface area contributed by atoms with Gasteiger partial charge in [0.1, 0.15) is 6.61 Å². The van der Waals surface area contributed by atoms with E-state index in [1.807, 2.05) is 0 Å². The largest absolute Gasteiger partial charge is 0.480 e. The van der Waals surface area contributed by atoms with Crippen LogP contribution in [0.25, 0.3) is 0 Å². The van der Waals surface area contributed by atoms with Crippen molar-refractivity contribution in [1.29, 1.82) is 0 Å². The number of ether oxygens (including phenoxy) is 2. The predicted octanol–water partition coefficient (Wildman–Crippen LogP) is 2.70. The van der Waals surface area contributed by atoms with Gasteiger partial charge in [0.05, 0.1) is 19.1 Å². The standard InChI is InChI=1S/C21H39NO9S/c1-3-4-5-6-7-8-9-10-11-12-19(23)22-16-17(2)30-13-14-31-20(24)15-18(21(25)26)32(27,28)29/h17-18H,3-16H2,1-2H3,(H,22,23)(H,25,26)(H,27,28,29). The summed E-state index contributed by atoms with van der Waals surface area (Å²) in [6.45, 7) is 4.01. The molecule has 0 aromatic carbocycles. The normalized spacial score (nSPS) is 13.3. The fourth-order valence-electron chi connectivity index (χ4n) is 2.94. The molecule has 3 N–H and O–H groups in total. The van der Waals surface area contributed by atoms with Gasteiger partial charge < -0.3 is 19.9 Å². The van der Waals surface area contributed by atoms with Gasteiger partial charge in [-0.2, -0.15) is 8.42 Å². The highest BCUT2D eigenvalue weighted by Crippen LogP contribution is 2.10. The highest BCUT2D eigenvalue weighted by atomic mass is 32.2. The van der Waals surface area contributed by atoms with E-state index in [-0.39, 0.29) is 25.2 Å². The van der Waals surface area contributed by atoms with Crippen LogP contribution in [-0.4, -0.2) is 67.0 Å². The Morgan fingerprint density at radius 1 is 0.938 bits per heavy atom. The Bertz CT molecular complexity index is 652. The quantitative estimate of drug-likeness (QED) is 0.135. The zero-order chi connectivity index (χ0) is 24.4. The Kier molecular flexibility index (Phi) is 16.8. The van der Waals surface area contributed by atoms with Gasteiger partial charge in [0, 0.05) is 13.0 Å². The Labute approximate surface area is 191 Å². The number of hydrogen-bond donors (Lipinski definition) is 3. The van der Waals surface area contributed by atoms with E-state index in [1.165, 1.54) is 38.5 Å². The molecule has 0 aromatic rings. The molecule has 0 rings (SSSR count). The van der Waals surface area contributed by atoms with E-state index in [9.17, 15) is 22.8 Å². The number of carbonyl (C=O) groups excluding carboxylic acids is 2. The van der Waals surface area contributed by atoms with Gasteiger partial charge in [-0.05, 0) is 13.3 Å². The van der Waals surface area contributed by atoms with Crippen LogP contribution in [0.5, 0.6) is 0 Å². The van der Waals surface area contributed by atoms with Crippen molar-refractivity contribution in [1.82, 2.24) is 5.32 Å². The molecule has 0 bridgehead atoms. The molecule has 2 atom stereocenters. The molecule has 0 aromatic heterocycles. The third-order valence-corrected chi connectivity index (χ3v) is 5.92. The van der Waals surface area contributed by atoms with Gasteiger partial charge in [-0.3, -0.25) is 18.9 Å². The summed E-state index contributed by atoms with van der Waals surface area (Å²) in [5.74, 6) is -2.97. The number of carboxylic acids is 1. The molecule has 32 heavy (non-hydrogen) atoms. The van der Waals surface area contributed by atoms with Gasteiger partial charge in [0.15, 0.2) is 5.25 Å². The van der Waals surface area contributed by atoms with Gasteiger partial charge in [0.25, 0.3) is 10.1 Å². The molecule has 0 heterocycles. The molecular weight excluding hydrogens is 442 g/mol. The van der Waals surface area contributed by atoms with E-state index in [0.29, 0.717) is 13.0 Å². The predicted molar refractivity (Wildman–Crippen MR) is 119 cm³/mol. The number of carbonyl (C=O) groups is 3. The lowest BCUT2D eigenvalue weighted by Crippen LogP contribution is -2.33. The van der Waals surface area contributed by atoms with E-state index in [1.54, 1.807) is 6.92 Å². The highest BCUT2D eigenvalue weighted by molar-refractivity contribution is 7.87. The fourth-order valence-corrected chi connectivity index (χ4v) is 3.54. The lowest BCUT2D eigenvalue weighted by molar-refractivity contribution is -0.149. The van der Waals surface area contributed by atoms with Crippen LogP contribution in [0.4, 0.5) is 0 Å². The first-order valence-electron chi connectivity index (χ1n) is 11.3. The van der Waals surface area contributed by atoms with Gasteiger partial charge in [0.2, 0.25) is 5.91 Å². The third-order valence-electron chi connectivity index (χ3n) is 4.83. The molecule has 2 unspecified atom stereocenters. The number of aliphatic carboxylic acids is 1. The van der Waals surface area contributed by atoms with Crippen molar-refractivity contribution >= 4 is 28.0 Å². The Hall–Kier alpha value is -1.72. The van der Waals surface area contributed by atoms with Crippen LogP contribution in [0, 0.1) is 0 Å². The molecule has 0 radical (unpaired) electrons. The number of carboxylic acid groups (broad SMARTS) is 1. The van der Waals surface area contributed by atoms with Gasteiger partial charge >= 0.3 is 11.9 Å². The van der Waals surface area contributed by atoms with E-state index in [0.717, 1.165) is 19.3 Å². The van der Waals surface area contributed by atoms with E-state index in [2.05, 4.69) is 12.2 Å². The van der Waals surface area contributed by atoms with Crippen LogP contribution in [-0.2, 0) is 34.0 Å². The summed E-state index contributed by atoms with van der Waals surface area (Å²) in [6, 6.07) is 0. The second-order valence-corrected chi connectivity index (χ2v) is 9.43. The summed E-state index contributed by atoms with van der Waals surface area (Å²) in [5.41, 5.74) is 0. The van der Waals surface area contributed by atoms with Gasteiger partial charge in [-0.1, -0.05) is 58.3 Å². The molecule has 188 valence electrons. The summed E-state index contributed by atoms with van der Waals surface area (Å²) < 4.78 is 40.7. The summed E-state index contributed by atoms with van der Waals surface area (Å²) in [4.78, 5) is 34.2. The first-order chi connectivity index (χ1) is 15.1. The maximum absolute atomic E-state index is 11.9. The molecule has 0 spiro atoms. The van der Waals surface area contributed by atoms with Crippen molar-refractivity contribution in [2.75, 3.05) is 19.8 Å². The lowest BCUT2D eigenvalue weighted by atomic mass is 10.1. The van der Waals surface area contributed by atoms with Crippen molar-refractivity contribution in [3.63, 3.8) is 0 Å². The minimum Gasteiger partial charge on any atom is -0.480 e. The number of rotatable bonds is 20. The zero-order valence-electron chi connectivity index (χ0n) is 19.2. The molecule has 10 nitrogen and oxygen atoms in total. The maximum atomic E-state index is 11.9. The molecule has 0 aliphatic rings. The highest BCUT2D eigenvalue weighted by Gasteiger charge is 2.33. The average molecular weight is 482 g/mol. The summed E-state index contributed by atoms with van der Waals surface area (Å²) in [5, 5.41) is 9.24.